The Morgan fingerprint density at radius 2 is 2.06 bits per heavy atom. The number of hydrogen-bond acceptors (Lipinski definition) is 3. The molecule has 0 aliphatic rings. The number of nitrogens with two attached hydrogens (primary N) is 1. The molecule has 2 aromatic rings. The van der Waals surface area contributed by atoms with Crippen LogP contribution in [-0.4, -0.2) is 6.54 Å². The minimum Gasteiger partial charge on any atom is -0.482 e. The molecule has 1 atom stereocenters. The quantitative estimate of drug-likeness (QED) is 0.863. The predicted octanol–water partition coefficient (Wildman–Crippen LogP) is 3.75. The van der Waals surface area contributed by atoms with Crippen molar-refractivity contribution in [1.29, 1.82) is 0 Å². The van der Waals surface area contributed by atoms with Gasteiger partial charge < -0.3 is 10.5 Å². The molecule has 2 rings (SSSR count). The second-order valence-corrected chi connectivity index (χ2v) is 4.96. The molecule has 0 saturated carbocycles. The van der Waals surface area contributed by atoms with E-state index in [9.17, 15) is 4.39 Å². The van der Waals surface area contributed by atoms with Crippen molar-refractivity contribution in [2.75, 3.05) is 6.54 Å². The summed E-state index contributed by atoms with van der Waals surface area (Å²) in [6.07, 6.45) is 1.54. The van der Waals surface area contributed by atoms with Crippen LogP contribution in [0.4, 0.5) is 4.39 Å². The molecule has 4 heteroatoms. The molecule has 0 bridgehead atoms. The highest BCUT2D eigenvalue weighted by Gasteiger charge is 2.15. The van der Waals surface area contributed by atoms with E-state index in [1.54, 1.807) is 29.5 Å². The molecular weight excluding hydrogens is 249 g/mol. The molecule has 0 saturated heterocycles. The smallest absolute Gasteiger partial charge is 0.165 e. The second-order valence-electron chi connectivity index (χ2n) is 3.98. The van der Waals surface area contributed by atoms with Crippen molar-refractivity contribution >= 4 is 11.3 Å². The van der Waals surface area contributed by atoms with Crippen LogP contribution < -0.4 is 10.5 Å². The minimum absolute atomic E-state index is 0.120. The third kappa shape index (κ3) is 3.31. The SMILES string of the molecule is NCCCC(Oc1ccccc1F)c1cccs1. The van der Waals surface area contributed by atoms with Gasteiger partial charge in [-0.1, -0.05) is 18.2 Å². The molecule has 0 spiro atoms. The summed E-state index contributed by atoms with van der Waals surface area (Å²) in [5, 5.41) is 2.00. The van der Waals surface area contributed by atoms with Gasteiger partial charge in [-0.25, -0.2) is 4.39 Å². The molecule has 1 heterocycles. The molecule has 2 nitrogen and oxygen atoms in total. The molecule has 0 radical (unpaired) electrons. The van der Waals surface area contributed by atoms with Crippen LogP contribution in [0.1, 0.15) is 23.8 Å². The largest absolute Gasteiger partial charge is 0.482 e. The predicted molar refractivity (Wildman–Crippen MR) is 72.4 cm³/mol. The number of hydrogen-bond donors (Lipinski definition) is 1. The summed E-state index contributed by atoms with van der Waals surface area (Å²) in [5.74, 6) is -0.0280. The van der Waals surface area contributed by atoms with Gasteiger partial charge in [0.25, 0.3) is 0 Å². The molecule has 1 aromatic carbocycles. The van der Waals surface area contributed by atoms with Crippen molar-refractivity contribution in [3.05, 3.63) is 52.5 Å². The van der Waals surface area contributed by atoms with Crippen LogP contribution >= 0.6 is 11.3 Å². The van der Waals surface area contributed by atoms with Gasteiger partial charge in [0.2, 0.25) is 0 Å². The maximum atomic E-state index is 13.6. The highest BCUT2D eigenvalue weighted by atomic mass is 32.1. The Labute approximate surface area is 110 Å². The lowest BCUT2D eigenvalue weighted by Gasteiger charge is -2.18. The van der Waals surface area contributed by atoms with E-state index in [2.05, 4.69) is 0 Å². The van der Waals surface area contributed by atoms with E-state index < -0.39 is 0 Å². The number of ether oxygens (including phenoxy) is 1. The molecule has 1 unspecified atom stereocenters. The van der Waals surface area contributed by atoms with Crippen LogP contribution in [-0.2, 0) is 0 Å². The summed E-state index contributed by atoms with van der Waals surface area (Å²) in [6, 6.07) is 10.5. The summed E-state index contributed by atoms with van der Waals surface area (Å²) in [5.41, 5.74) is 5.53. The molecule has 0 fully saturated rings. The number of para-hydroxylation sites is 1. The van der Waals surface area contributed by atoms with Gasteiger partial charge in [0, 0.05) is 4.88 Å². The summed E-state index contributed by atoms with van der Waals surface area (Å²) in [4.78, 5) is 1.10. The van der Waals surface area contributed by atoms with Crippen molar-refractivity contribution < 1.29 is 9.13 Å². The maximum absolute atomic E-state index is 13.6. The molecule has 0 aliphatic carbocycles. The van der Waals surface area contributed by atoms with Gasteiger partial charge in [-0.2, -0.15) is 0 Å². The van der Waals surface area contributed by atoms with Crippen LogP contribution in [0.2, 0.25) is 0 Å². The highest BCUT2D eigenvalue weighted by molar-refractivity contribution is 7.10. The van der Waals surface area contributed by atoms with Crippen LogP contribution in [0.25, 0.3) is 0 Å². The van der Waals surface area contributed by atoms with E-state index >= 15 is 0 Å². The molecule has 18 heavy (non-hydrogen) atoms. The third-order valence-corrected chi connectivity index (χ3v) is 3.60. The molecule has 0 aliphatic heterocycles. The topological polar surface area (TPSA) is 35.2 Å². The van der Waals surface area contributed by atoms with E-state index in [-0.39, 0.29) is 11.9 Å². The first-order valence-electron chi connectivity index (χ1n) is 5.96. The number of benzene rings is 1. The van der Waals surface area contributed by atoms with Crippen molar-refractivity contribution in [2.45, 2.75) is 18.9 Å². The fraction of sp³-hybridized carbons (Fsp3) is 0.286. The van der Waals surface area contributed by atoms with E-state index in [0.717, 1.165) is 17.7 Å². The normalized spacial score (nSPS) is 12.3. The van der Waals surface area contributed by atoms with Gasteiger partial charge in [0.05, 0.1) is 0 Å². The Kier molecular flexibility index (Phi) is 4.73. The molecule has 1 aromatic heterocycles. The van der Waals surface area contributed by atoms with E-state index in [0.29, 0.717) is 12.3 Å². The van der Waals surface area contributed by atoms with Gasteiger partial charge in [0.15, 0.2) is 11.6 Å². The lowest BCUT2D eigenvalue weighted by atomic mass is 10.1. The number of thiophene rings is 1. The minimum atomic E-state index is -0.327. The average Bonchev–Trinajstić information content (AvgIpc) is 2.90. The van der Waals surface area contributed by atoms with Gasteiger partial charge in [-0.15, -0.1) is 11.3 Å². The van der Waals surface area contributed by atoms with Gasteiger partial charge >= 0.3 is 0 Å². The first-order chi connectivity index (χ1) is 8.81. The fourth-order valence-electron chi connectivity index (χ4n) is 1.73. The first-order valence-corrected chi connectivity index (χ1v) is 6.84. The summed E-state index contributed by atoms with van der Waals surface area (Å²) in [6.45, 7) is 0.614. The van der Waals surface area contributed by atoms with Crippen molar-refractivity contribution in [1.82, 2.24) is 0 Å². The van der Waals surface area contributed by atoms with E-state index in [4.69, 9.17) is 10.5 Å². The maximum Gasteiger partial charge on any atom is 0.165 e. The molecule has 2 N–H and O–H groups in total. The Balaban J connectivity index is 2.13. The van der Waals surface area contributed by atoms with Crippen LogP contribution in [0.3, 0.4) is 0 Å². The monoisotopic (exact) mass is 265 g/mol. The zero-order valence-electron chi connectivity index (χ0n) is 10.0. The van der Waals surface area contributed by atoms with E-state index in [1.807, 2.05) is 17.5 Å². The van der Waals surface area contributed by atoms with Crippen molar-refractivity contribution in [3.63, 3.8) is 0 Å². The van der Waals surface area contributed by atoms with Crippen LogP contribution in [0.15, 0.2) is 41.8 Å². The fourth-order valence-corrected chi connectivity index (χ4v) is 2.52. The van der Waals surface area contributed by atoms with Gasteiger partial charge in [-0.3, -0.25) is 0 Å². The van der Waals surface area contributed by atoms with Gasteiger partial charge in [0.1, 0.15) is 6.10 Å². The van der Waals surface area contributed by atoms with Crippen molar-refractivity contribution in [3.8, 4) is 5.75 Å². The number of rotatable bonds is 6. The van der Waals surface area contributed by atoms with Crippen molar-refractivity contribution in [2.24, 2.45) is 5.73 Å². The second kappa shape index (κ2) is 6.52. The Morgan fingerprint density at radius 3 is 2.72 bits per heavy atom. The Bertz CT molecular complexity index is 472. The summed E-state index contributed by atoms with van der Waals surface area (Å²) < 4.78 is 19.3. The lowest BCUT2D eigenvalue weighted by Crippen LogP contribution is -2.10. The zero-order valence-corrected chi connectivity index (χ0v) is 10.8. The highest BCUT2D eigenvalue weighted by Crippen LogP contribution is 2.30. The average molecular weight is 265 g/mol. The summed E-state index contributed by atoms with van der Waals surface area (Å²) >= 11 is 1.62. The molecular formula is C14H16FNOS. The summed E-state index contributed by atoms with van der Waals surface area (Å²) in [7, 11) is 0. The first kappa shape index (κ1) is 13.1. The Hall–Kier alpha value is -1.39. The standard InChI is InChI=1S/C14H16FNOS/c15-11-5-1-2-6-12(11)17-13(7-3-9-16)14-8-4-10-18-14/h1-2,4-6,8,10,13H,3,7,9,16H2. The zero-order chi connectivity index (χ0) is 12.8. The van der Waals surface area contributed by atoms with Gasteiger partial charge in [-0.05, 0) is 43.0 Å². The molecule has 96 valence electrons. The van der Waals surface area contributed by atoms with E-state index in [1.165, 1.54) is 6.07 Å². The van der Waals surface area contributed by atoms with Crippen LogP contribution in [0.5, 0.6) is 5.75 Å². The number of halogens is 1. The van der Waals surface area contributed by atoms with Crippen LogP contribution in [0, 0.1) is 5.82 Å². The third-order valence-electron chi connectivity index (χ3n) is 2.64. The molecule has 0 amide bonds. The lowest BCUT2D eigenvalue weighted by molar-refractivity contribution is 0.188. The Morgan fingerprint density at radius 1 is 1.22 bits per heavy atom.